The molecule has 2 rings (SSSR count). The summed E-state index contributed by atoms with van der Waals surface area (Å²) in [4.78, 5) is 10.7. The lowest BCUT2D eigenvalue weighted by Gasteiger charge is -2.04. The highest BCUT2D eigenvalue weighted by Crippen LogP contribution is 2.17. The van der Waals surface area contributed by atoms with Crippen molar-refractivity contribution in [3.63, 3.8) is 0 Å². The Morgan fingerprint density at radius 1 is 1.41 bits per heavy atom. The molecule has 1 aromatic carbocycles. The molecule has 0 atom stereocenters. The van der Waals surface area contributed by atoms with Crippen LogP contribution in [0.2, 0.25) is 0 Å². The van der Waals surface area contributed by atoms with E-state index in [0.717, 1.165) is 0 Å². The lowest BCUT2D eigenvalue weighted by Crippen LogP contribution is -2.05. The second-order valence-corrected chi connectivity index (χ2v) is 3.14. The molecule has 0 radical (unpaired) electrons. The van der Waals surface area contributed by atoms with E-state index in [1.54, 1.807) is 6.07 Å². The van der Waals surface area contributed by atoms with Crippen molar-refractivity contribution in [2.24, 2.45) is 0 Å². The normalized spacial score (nSPS) is 10.2. The van der Waals surface area contributed by atoms with Gasteiger partial charge >= 0.3 is 5.97 Å². The molecule has 0 fully saturated rings. The highest BCUT2D eigenvalue weighted by atomic mass is 19.1. The van der Waals surface area contributed by atoms with Gasteiger partial charge in [-0.15, -0.1) is 5.10 Å². The zero-order valence-electron chi connectivity index (χ0n) is 8.55. The van der Waals surface area contributed by atoms with Crippen molar-refractivity contribution in [1.82, 2.24) is 15.4 Å². The van der Waals surface area contributed by atoms with Gasteiger partial charge in [-0.3, -0.25) is 0 Å². The molecule has 0 aliphatic rings. The smallest absolute Gasteiger partial charge is 0.358 e. The number of aromatic nitrogens is 3. The number of para-hydroxylation sites is 1. The fraction of sp³-hybridized carbons (Fsp3) is 0.100. The van der Waals surface area contributed by atoms with E-state index in [4.69, 9.17) is 9.84 Å². The third-order valence-electron chi connectivity index (χ3n) is 2.02. The predicted molar refractivity (Wildman–Crippen MR) is 54.1 cm³/mol. The molecule has 1 heterocycles. The number of nitrogens with zero attached hydrogens (tertiary/aromatic N) is 2. The van der Waals surface area contributed by atoms with Gasteiger partial charge in [0.05, 0.1) is 0 Å². The van der Waals surface area contributed by atoms with E-state index >= 15 is 0 Å². The number of ether oxygens (including phenoxy) is 1. The summed E-state index contributed by atoms with van der Waals surface area (Å²) >= 11 is 0. The molecule has 0 saturated carbocycles. The van der Waals surface area contributed by atoms with Gasteiger partial charge in [-0.2, -0.15) is 10.3 Å². The summed E-state index contributed by atoms with van der Waals surface area (Å²) in [6.07, 6.45) is 0. The summed E-state index contributed by atoms with van der Waals surface area (Å²) in [6, 6.07) is 5.83. The maximum Gasteiger partial charge on any atom is 0.358 e. The number of H-pyrrole nitrogens is 1. The minimum absolute atomic E-state index is 0.0341. The molecular weight excluding hydrogens is 229 g/mol. The van der Waals surface area contributed by atoms with Crippen molar-refractivity contribution in [2.45, 2.75) is 6.61 Å². The third-order valence-corrected chi connectivity index (χ3v) is 2.02. The standard InChI is InChI=1S/C10H8FN3O3/c11-6-3-1-2-4-8(6)17-5-7-9(10(15)16)13-14-12-7/h1-4H,5H2,(H,15,16)(H,12,13,14). The monoisotopic (exact) mass is 237 g/mol. The molecular formula is C10H8FN3O3. The molecule has 6 nitrogen and oxygen atoms in total. The molecule has 2 N–H and O–H groups in total. The first-order chi connectivity index (χ1) is 8.18. The topological polar surface area (TPSA) is 88.1 Å². The van der Waals surface area contributed by atoms with Crippen LogP contribution in [0.3, 0.4) is 0 Å². The zero-order valence-corrected chi connectivity index (χ0v) is 8.55. The van der Waals surface area contributed by atoms with Crippen LogP contribution < -0.4 is 4.74 Å². The maximum atomic E-state index is 13.2. The van der Waals surface area contributed by atoms with Crippen LogP contribution in [-0.2, 0) is 6.61 Å². The Labute approximate surface area is 95.0 Å². The quantitative estimate of drug-likeness (QED) is 0.834. The van der Waals surface area contributed by atoms with Gasteiger partial charge in [0, 0.05) is 0 Å². The van der Waals surface area contributed by atoms with E-state index in [9.17, 15) is 9.18 Å². The molecule has 0 amide bonds. The Bertz CT molecular complexity index is 541. The Morgan fingerprint density at radius 3 is 2.88 bits per heavy atom. The SMILES string of the molecule is O=C(O)c1n[nH]nc1COc1ccccc1F. The number of carbonyl (C=O) groups is 1. The van der Waals surface area contributed by atoms with Crippen LogP contribution in [0, 0.1) is 5.82 Å². The molecule has 0 unspecified atom stereocenters. The van der Waals surface area contributed by atoms with Crippen molar-refractivity contribution in [3.05, 3.63) is 41.5 Å². The van der Waals surface area contributed by atoms with E-state index in [0.29, 0.717) is 0 Å². The highest BCUT2D eigenvalue weighted by Gasteiger charge is 2.15. The number of aromatic amines is 1. The Kier molecular flexibility index (Phi) is 2.99. The summed E-state index contributed by atoms with van der Waals surface area (Å²) in [5, 5.41) is 18.0. The maximum absolute atomic E-state index is 13.2. The van der Waals surface area contributed by atoms with E-state index in [2.05, 4.69) is 15.4 Å². The number of carboxylic acid groups (broad SMARTS) is 1. The molecule has 0 spiro atoms. The second-order valence-electron chi connectivity index (χ2n) is 3.14. The minimum atomic E-state index is -1.22. The van der Waals surface area contributed by atoms with Crippen molar-refractivity contribution in [1.29, 1.82) is 0 Å². The number of hydrogen-bond acceptors (Lipinski definition) is 4. The lowest BCUT2D eigenvalue weighted by molar-refractivity contribution is 0.0687. The number of halogens is 1. The summed E-state index contributed by atoms with van der Waals surface area (Å²) in [5.74, 6) is -1.70. The van der Waals surface area contributed by atoms with Crippen LogP contribution in [0.5, 0.6) is 5.75 Å². The van der Waals surface area contributed by atoms with Crippen LogP contribution in [0.25, 0.3) is 0 Å². The van der Waals surface area contributed by atoms with Gasteiger partial charge in [0.15, 0.2) is 17.3 Å². The molecule has 17 heavy (non-hydrogen) atoms. The number of rotatable bonds is 4. The number of benzene rings is 1. The van der Waals surface area contributed by atoms with Crippen molar-refractivity contribution < 1.29 is 19.0 Å². The first-order valence-electron chi connectivity index (χ1n) is 4.68. The lowest BCUT2D eigenvalue weighted by atomic mass is 10.3. The average molecular weight is 237 g/mol. The highest BCUT2D eigenvalue weighted by molar-refractivity contribution is 5.86. The van der Waals surface area contributed by atoms with Crippen LogP contribution in [0.15, 0.2) is 24.3 Å². The fourth-order valence-electron chi connectivity index (χ4n) is 1.23. The van der Waals surface area contributed by atoms with Gasteiger partial charge in [-0.1, -0.05) is 12.1 Å². The molecule has 0 aliphatic carbocycles. The fourth-order valence-corrected chi connectivity index (χ4v) is 1.23. The molecule has 2 aromatic rings. The summed E-state index contributed by atoms with van der Waals surface area (Å²) < 4.78 is 18.3. The Hall–Kier alpha value is -2.44. The van der Waals surface area contributed by atoms with Gasteiger partial charge in [0.25, 0.3) is 0 Å². The Balaban J connectivity index is 2.10. The van der Waals surface area contributed by atoms with E-state index in [1.165, 1.54) is 18.2 Å². The van der Waals surface area contributed by atoms with Crippen LogP contribution in [0.1, 0.15) is 16.2 Å². The van der Waals surface area contributed by atoms with Crippen molar-refractivity contribution >= 4 is 5.97 Å². The molecule has 0 saturated heterocycles. The van der Waals surface area contributed by atoms with Crippen molar-refractivity contribution in [3.8, 4) is 5.75 Å². The first-order valence-corrected chi connectivity index (χ1v) is 4.68. The summed E-state index contributed by atoms with van der Waals surface area (Å²) in [7, 11) is 0. The predicted octanol–water partition coefficient (Wildman–Crippen LogP) is 1.22. The second kappa shape index (κ2) is 4.60. The van der Waals surface area contributed by atoms with Crippen LogP contribution in [-0.4, -0.2) is 26.5 Å². The summed E-state index contributed by atoms with van der Waals surface area (Å²) in [6.45, 7) is -0.168. The third kappa shape index (κ3) is 2.39. The van der Waals surface area contributed by atoms with E-state index < -0.39 is 11.8 Å². The molecule has 1 aromatic heterocycles. The van der Waals surface area contributed by atoms with Crippen LogP contribution in [0.4, 0.5) is 4.39 Å². The van der Waals surface area contributed by atoms with Gasteiger partial charge in [0.1, 0.15) is 12.3 Å². The largest absolute Gasteiger partial charge is 0.484 e. The molecule has 0 aliphatic heterocycles. The average Bonchev–Trinajstić information content (AvgIpc) is 2.76. The number of carboxylic acids is 1. The van der Waals surface area contributed by atoms with Gasteiger partial charge < -0.3 is 9.84 Å². The number of nitrogens with one attached hydrogen (secondary N) is 1. The number of hydrogen-bond donors (Lipinski definition) is 2. The van der Waals surface area contributed by atoms with Crippen LogP contribution >= 0.6 is 0 Å². The minimum Gasteiger partial charge on any atom is -0.484 e. The van der Waals surface area contributed by atoms with Gasteiger partial charge in [-0.05, 0) is 12.1 Å². The molecule has 7 heteroatoms. The van der Waals surface area contributed by atoms with Gasteiger partial charge in [0.2, 0.25) is 0 Å². The van der Waals surface area contributed by atoms with Gasteiger partial charge in [-0.25, -0.2) is 9.18 Å². The van der Waals surface area contributed by atoms with E-state index in [1.807, 2.05) is 0 Å². The molecule has 0 bridgehead atoms. The zero-order chi connectivity index (χ0) is 12.3. The van der Waals surface area contributed by atoms with Crippen molar-refractivity contribution in [2.75, 3.05) is 0 Å². The summed E-state index contributed by atoms with van der Waals surface area (Å²) in [5.41, 5.74) is -0.123. The number of aromatic carboxylic acids is 1. The molecule has 88 valence electrons. The Morgan fingerprint density at radius 2 is 2.18 bits per heavy atom. The van der Waals surface area contributed by atoms with E-state index in [-0.39, 0.29) is 23.7 Å². The first kappa shape index (κ1) is 11.1.